The van der Waals surface area contributed by atoms with Crippen molar-refractivity contribution in [2.75, 3.05) is 12.3 Å². The van der Waals surface area contributed by atoms with Crippen LogP contribution in [0.4, 0.5) is 0 Å². The van der Waals surface area contributed by atoms with Crippen LogP contribution in [0.2, 0.25) is 0 Å². The van der Waals surface area contributed by atoms with Gasteiger partial charge < -0.3 is 10.4 Å². The van der Waals surface area contributed by atoms with Gasteiger partial charge in [-0.15, -0.1) is 0 Å². The topological polar surface area (TPSA) is 49.3 Å². The van der Waals surface area contributed by atoms with Crippen LogP contribution >= 0.6 is 11.8 Å². The quantitative estimate of drug-likeness (QED) is 0.688. The Morgan fingerprint density at radius 3 is 2.82 bits per heavy atom. The van der Waals surface area contributed by atoms with E-state index in [-0.39, 0.29) is 0 Å². The third-order valence-electron chi connectivity index (χ3n) is 3.20. The smallest absolute Gasteiger partial charge is 0.331 e. The van der Waals surface area contributed by atoms with Crippen molar-refractivity contribution < 1.29 is 9.90 Å². The van der Waals surface area contributed by atoms with Gasteiger partial charge >= 0.3 is 5.97 Å². The fourth-order valence-corrected chi connectivity index (χ4v) is 3.39. The highest BCUT2D eigenvalue weighted by Crippen LogP contribution is 2.29. The number of aliphatic carboxylic acids is 1. The zero-order valence-corrected chi connectivity index (χ0v) is 11.6. The van der Waals surface area contributed by atoms with Crippen molar-refractivity contribution in [3.05, 3.63) is 11.6 Å². The predicted octanol–water partition coefficient (Wildman–Crippen LogP) is 2.67. The van der Waals surface area contributed by atoms with Gasteiger partial charge in [0.1, 0.15) is 0 Å². The molecule has 1 saturated carbocycles. The lowest BCUT2D eigenvalue weighted by molar-refractivity contribution is -0.132. The molecule has 0 aromatic rings. The van der Waals surface area contributed by atoms with Gasteiger partial charge in [-0.05, 0) is 31.4 Å². The fourth-order valence-electron chi connectivity index (χ4n) is 2.24. The first-order chi connectivity index (χ1) is 8.17. The second kappa shape index (κ2) is 7.77. The van der Waals surface area contributed by atoms with Crippen LogP contribution in [0.5, 0.6) is 0 Å². The predicted molar refractivity (Wildman–Crippen MR) is 73.6 cm³/mol. The number of rotatable bonds is 7. The van der Waals surface area contributed by atoms with Crippen molar-refractivity contribution in [1.29, 1.82) is 0 Å². The van der Waals surface area contributed by atoms with Gasteiger partial charge in [0.05, 0.1) is 0 Å². The van der Waals surface area contributed by atoms with Crippen molar-refractivity contribution in [3.63, 3.8) is 0 Å². The van der Waals surface area contributed by atoms with Crippen LogP contribution in [0.15, 0.2) is 11.6 Å². The molecule has 3 nitrogen and oxygen atoms in total. The average molecular weight is 257 g/mol. The molecule has 1 aliphatic carbocycles. The summed E-state index contributed by atoms with van der Waals surface area (Å²) in [7, 11) is 0. The van der Waals surface area contributed by atoms with Crippen LogP contribution in [0.3, 0.4) is 0 Å². The molecule has 2 atom stereocenters. The summed E-state index contributed by atoms with van der Waals surface area (Å²) in [4.78, 5) is 10.8. The molecular weight excluding hydrogens is 234 g/mol. The van der Waals surface area contributed by atoms with Crippen molar-refractivity contribution in [2.24, 2.45) is 0 Å². The lowest BCUT2D eigenvalue weighted by atomic mass is 10.2. The molecule has 0 bridgehead atoms. The Hall–Kier alpha value is -0.480. The molecule has 0 saturated heterocycles. The van der Waals surface area contributed by atoms with E-state index in [4.69, 9.17) is 5.11 Å². The molecule has 2 unspecified atom stereocenters. The van der Waals surface area contributed by atoms with E-state index in [1.807, 2.05) is 24.8 Å². The zero-order chi connectivity index (χ0) is 12.7. The average Bonchev–Trinajstić information content (AvgIpc) is 2.72. The highest BCUT2D eigenvalue weighted by atomic mass is 32.2. The van der Waals surface area contributed by atoms with Gasteiger partial charge in [-0.1, -0.05) is 19.9 Å². The molecule has 0 amide bonds. The number of hydrogen-bond acceptors (Lipinski definition) is 3. The van der Waals surface area contributed by atoms with E-state index in [9.17, 15) is 4.79 Å². The number of carboxylic acids is 1. The molecular formula is C13H23NO2S. The second-order valence-corrected chi connectivity index (χ2v) is 5.96. The molecule has 1 aliphatic rings. The van der Waals surface area contributed by atoms with Gasteiger partial charge in [-0.2, -0.15) is 11.8 Å². The maximum atomic E-state index is 10.8. The molecule has 0 heterocycles. The van der Waals surface area contributed by atoms with Crippen LogP contribution in [0, 0.1) is 0 Å². The van der Waals surface area contributed by atoms with E-state index >= 15 is 0 Å². The summed E-state index contributed by atoms with van der Waals surface area (Å²) in [6.45, 7) is 4.77. The maximum absolute atomic E-state index is 10.8. The molecule has 0 radical (unpaired) electrons. The third-order valence-corrected chi connectivity index (χ3v) is 4.43. The maximum Gasteiger partial charge on any atom is 0.331 e. The van der Waals surface area contributed by atoms with Crippen molar-refractivity contribution in [2.45, 2.75) is 50.8 Å². The van der Waals surface area contributed by atoms with Gasteiger partial charge in [0.25, 0.3) is 0 Å². The van der Waals surface area contributed by atoms with Gasteiger partial charge in [-0.25, -0.2) is 4.79 Å². The highest BCUT2D eigenvalue weighted by Gasteiger charge is 2.23. The zero-order valence-electron chi connectivity index (χ0n) is 10.7. The highest BCUT2D eigenvalue weighted by molar-refractivity contribution is 7.99. The van der Waals surface area contributed by atoms with Crippen LogP contribution in [-0.2, 0) is 4.79 Å². The summed E-state index contributed by atoms with van der Waals surface area (Å²) in [5.74, 6) is 0.399. The van der Waals surface area contributed by atoms with E-state index in [1.54, 1.807) is 0 Å². The summed E-state index contributed by atoms with van der Waals surface area (Å²) in [6.07, 6.45) is 6.14. The number of carboxylic acid groups (broad SMARTS) is 1. The Labute approximate surface area is 108 Å². The third kappa shape index (κ3) is 5.13. The number of nitrogens with one attached hydrogen (secondary N) is 1. The summed E-state index contributed by atoms with van der Waals surface area (Å²) >= 11 is 2.04. The van der Waals surface area contributed by atoms with Gasteiger partial charge in [0, 0.05) is 23.4 Å². The minimum absolute atomic E-state index is 0.509. The Morgan fingerprint density at radius 1 is 1.47 bits per heavy atom. The van der Waals surface area contributed by atoms with Gasteiger partial charge in [-0.3, -0.25) is 0 Å². The number of hydrogen-bond donors (Lipinski definition) is 2. The lowest BCUT2D eigenvalue weighted by Gasteiger charge is -2.11. The summed E-state index contributed by atoms with van der Waals surface area (Å²) < 4.78 is 0. The van der Waals surface area contributed by atoms with Crippen molar-refractivity contribution in [1.82, 2.24) is 5.32 Å². The van der Waals surface area contributed by atoms with Crippen molar-refractivity contribution >= 4 is 17.7 Å². The van der Waals surface area contributed by atoms with E-state index < -0.39 is 5.97 Å². The van der Waals surface area contributed by atoms with Crippen LogP contribution in [0.1, 0.15) is 39.5 Å². The first-order valence-corrected chi connectivity index (χ1v) is 7.49. The Bertz CT molecular complexity index is 279. The largest absolute Gasteiger partial charge is 0.478 e. The number of carbonyl (C=O) groups is 1. The van der Waals surface area contributed by atoms with Gasteiger partial charge in [0.2, 0.25) is 0 Å². The summed E-state index contributed by atoms with van der Waals surface area (Å²) in [5, 5.41) is 13.1. The fraction of sp³-hybridized carbons (Fsp3) is 0.769. The minimum atomic E-state index is -0.792. The van der Waals surface area contributed by atoms with Crippen LogP contribution in [-0.4, -0.2) is 34.7 Å². The second-order valence-electron chi connectivity index (χ2n) is 4.38. The minimum Gasteiger partial charge on any atom is -0.478 e. The molecule has 4 heteroatoms. The molecule has 1 rings (SSSR count). The normalized spacial score (nSPS) is 25.2. The van der Waals surface area contributed by atoms with Crippen LogP contribution < -0.4 is 5.32 Å². The van der Waals surface area contributed by atoms with Crippen molar-refractivity contribution in [3.8, 4) is 0 Å². The molecule has 17 heavy (non-hydrogen) atoms. The molecule has 0 aromatic carbocycles. The van der Waals surface area contributed by atoms with E-state index in [2.05, 4.69) is 12.2 Å². The molecule has 0 aliphatic heterocycles. The van der Waals surface area contributed by atoms with E-state index in [1.165, 1.54) is 25.0 Å². The van der Waals surface area contributed by atoms with E-state index in [0.717, 1.165) is 5.25 Å². The standard InChI is InChI=1S/C13H23NO2S/c1-3-10(13(15)16)7-8-14-11-5-6-12(9-11)17-4-2/h7,11-12,14H,3-6,8-9H2,1-2H3,(H,15,16)/b10-7-. The molecule has 98 valence electrons. The Balaban J connectivity index is 2.26. The lowest BCUT2D eigenvalue weighted by Crippen LogP contribution is -2.27. The first-order valence-electron chi connectivity index (χ1n) is 6.44. The Kier molecular flexibility index (Phi) is 6.66. The summed E-state index contributed by atoms with van der Waals surface area (Å²) in [6, 6.07) is 0.571. The molecule has 1 fully saturated rings. The first kappa shape index (κ1) is 14.6. The molecule has 0 aromatic heterocycles. The molecule has 2 N–H and O–H groups in total. The van der Waals surface area contributed by atoms with E-state index in [0.29, 0.717) is 24.6 Å². The molecule has 0 spiro atoms. The Morgan fingerprint density at radius 2 is 2.24 bits per heavy atom. The monoisotopic (exact) mass is 257 g/mol. The number of thioether (sulfide) groups is 1. The van der Waals surface area contributed by atoms with Gasteiger partial charge in [0.15, 0.2) is 0 Å². The SMILES string of the molecule is CCSC1CCC(NC/C=C(/CC)C(=O)O)C1. The van der Waals surface area contributed by atoms with Crippen LogP contribution in [0.25, 0.3) is 0 Å². The summed E-state index contributed by atoms with van der Waals surface area (Å²) in [5.41, 5.74) is 0.509.